The van der Waals surface area contributed by atoms with Gasteiger partial charge in [-0.2, -0.15) is 4.31 Å². The van der Waals surface area contributed by atoms with E-state index in [9.17, 15) is 17.6 Å². The third-order valence-corrected chi connectivity index (χ3v) is 7.45. The number of hydrogen-bond acceptors (Lipinski definition) is 3. The molecule has 0 bridgehead atoms. The molecule has 1 fully saturated rings. The largest absolute Gasteiger partial charge is 0.349 e. The van der Waals surface area contributed by atoms with Crippen LogP contribution in [0.25, 0.3) is 0 Å². The average Bonchev–Trinajstić information content (AvgIpc) is 2.70. The van der Waals surface area contributed by atoms with E-state index in [4.69, 9.17) is 0 Å². The van der Waals surface area contributed by atoms with E-state index in [2.05, 4.69) is 11.4 Å². The SMILES string of the molecule is Cc1ccc(C)c([C@@H](C)NC(=O)C2CCN(S(=O)(=O)c3ccc(F)cc3)CC2)c1. The normalized spacial score (nSPS) is 17.1. The topological polar surface area (TPSA) is 66.5 Å². The zero-order chi connectivity index (χ0) is 21.2. The van der Waals surface area contributed by atoms with Crippen molar-refractivity contribution in [1.82, 2.24) is 9.62 Å². The smallest absolute Gasteiger partial charge is 0.243 e. The number of rotatable bonds is 5. The number of amides is 1. The quantitative estimate of drug-likeness (QED) is 0.805. The van der Waals surface area contributed by atoms with Gasteiger partial charge in [-0.1, -0.05) is 23.8 Å². The van der Waals surface area contributed by atoms with Gasteiger partial charge in [0.15, 0.2) is 0 Å². The fraction of sp³-hybridized carbons (Fsp3) is 0.409. The molecule has 5 nitrogen and oxygen atoms in total. The summed E-state index contributed by atoms with van der Waals surface area (Å²) in [6, 6.07) is 10.9. The number of aryl methyl sites for hydroxylation is 2. The second kappa shape index (κ2) is 8.63. The lowest BCUT2D eigenvalue weighted by molar-refractivity contribution is -0.126. The van der Waals surface area contributed by atoms with Gasteiger partial charge in [0.1, 0.15) is 5.82 Å². The number of halogens is 1. The molecule has 1 atom stereocenters. The average molecular weight is 419 g/mol. The van der Waals surface area contributed by atoms with Crippen LogP contribution >= 0.6 is 0 Å². The summed E-state index contributed by atoms with van der Waals surface area (Å²) in [6.45, 7) is 6.56. The maximum atomic E-state index is 13.1. The number of benzene rings is 2. The van der Waals surface area contributed by atoms with Gasteiger partial charge in [0, 0.05) is 19.0 Å². The van der Waals surface area contributed by atoms with Crippen LogP contribution in [0, 0.1) is 25.6 Å². The Morgan fingerprint density at radius 3 is 2.34 bits per heavy atom. The Morgan fingerprint density at radius 2 is 1.72 bits per heavy atom. The number of sulfonamides is 1. The summed E-state index contributed by atoms with van der Waals surface area (Å²) in [5, 5.41) is 3.08. The third kappa shape index (κ3) is 4.85. The summed E-state index contributed by atoms with van der Waals surface area (Å²) in [4.78, 5) is 12.8. The molecular weight excluding hydrogens is 391 g/mol. The number of piperidine rings is 1. The van der Waals surface area contributed by atoms with E-state index in [1.165, 1.54) is 16.4 Å². The maximum Gasteiger partial charge on any atom is 0.243 e. The molecule has 1 aliphatic heterocycles. The summed E-state index contributed by atoms with van der Waals surface area (Å²) in [6.07, 6.45) is 0.928. The Kier molecular flexibility index (Phi) is 6.39. The van der Waals surface area contributed by atoms with E-state index in [1.54, 1.807) is 0 Å². The molecular formula is C22H27FN2O3S. The van der Waals surface area contributed by atoms with Gasteiger partial charge in [0.2, 0.25) is 15.9 Å². The van der Waals surface area contributed by atoms with Crippen molar-refractivity contribution >= 4 is 15.9 Å². The van der Waals surface area contributed by atoms with Gasteiger partial charge in [-0.15, -0.1) is 0 Å². The minimum Gasteiger partial charge on any atom is -0.349 e. The van der Waals surface area contributed by atoms with Crippen LogP contribution in [-0.2, 0) is 14.8 Å². The minimum atomic E-state index is -3.67. The van der Waals surface area contributed by atoms with Gasteiger partial charge in [0.25, 0.3) is 0 Å². The van der Waals surface area contributed by atoms with E-state index in [0.717, 1.165) is 28.8 Å². The number of carbonyl (C=O) groups is 1. The van der Waals surface area contributed by atoms with Crippen molar-refractivity contribution in [2.75, 3.05) is 13.1 Å². The molecule has 2 aromatic carbocycles. The highest BCUT2D eigenvalue weighted by Crippen LogP contribution is 2.25. The summed E-state index contributed by atoms with van der Waals surface area (Å²) in [5.41, 5.74) is 3.37. The van der Waals surface area contributed by atoms with Crippen molar-refractivity contribution in [2.45, 2.75) is 44.6 Å². The first-order chi connectivity index (χ1) is 13.7. The van der Waals surface area contributed by atoms with Crippen LogP contribution in [0.5, 0.6) is 0 Å². The molecule has 0 aliphatic carbocycles. The standard InChI is InChI=1S/C22H27FN2O3S/c1-15-4-5-16(2)21(14-15)17(3)24-22(26)18-10-12-25(13-11-18)29(27,28)20-8-6-19(23)7-9-20/h4-9,14,17-18H,10-13H2,1-3H3,(H,24,26)/t17-/m1/s1. The second-order valence-corrected chi connectivity index (χ2v) is 9.66. The van der Waals surface area contributed by atoms with Gasteiger partial charge in [0.05, 0.1) is 10.9 Å². The highest BCUT2D eigenvalue weighted by molar-refractivity contribution is 7.89. The Bertz CT molecular complexity index is 982. The molecule has 0 aromatic heterocycles. The van der Waals surface area contributed by atoms with Crippen molar-refractivity contribution in [2.24, 2.45) is 5.92 Å². The number of carbonyl (C=O) groups excluding carboxylic acids is 1. The summed E-state index contributed by atoms with van der Waals surface area (Å²) >= 11 is 0. The van der Waals surface area contributed by atoms with Crippen molar-refractivity contribution < 1.29 is 17.6 Å². The molecule has 1 N–H and O–H groups in total. The molecule has 0 radical (unpaired) electrons. The molecule has 0 spiro atoms. The lowest BCUT2D eigenvalue weighted by Gasteiger charge is -2.31. The molecule has 29 heavy (non-hydrogen) atoms. The summed E-state index contributed by atoms with van der Waals surface area (Å²) in [7, 11) is -3.67. The highest BCUT2D eigenvalue weighted by atomic mass is 32.2. The summed E-state index contributed by atoms with van der Waals surface area (Å²) in [5.74, 6) is -0.739. The van der Waals surface area contributed by atoms with E-state index in [0.29, 0.717) is 12.8 Å². The predicted octanol–water partition coefficient (Wildman–Crippen LogP) is 3.72. The van der Waals surface area contributed by atoms with Crippen LogP contribution in [0.15, 0.2) is 47.4 Å². The number of nitrogens with one attached hydrogen (secondary N) is 1. The molecule has 3 rings (SSSR count). The molecule has 7 heteroatoms. The van der Waals surface area contributed by atoms with E-state index in [-0.39, 0.29) is 35.9 Å². The van der Waals surface area contributed by atoms with Crippen LogP contribution in [0.4, 0.5) is 4.39 Å². The lowest BCUT2D eigenvalue weighted by atomic mass is 9.95. The molecule has 156 valence electrons. The van der Waals surface area contributed by atoms with Crippen LogP contribution in [0.2, 0.25) is 0 Å². The molecule has 0 unspecified atom stereocenters. The van der Waals surface area contributed by atoms with Gasteiger partial charge in [-0.25, -0.2) is 12.8 Å². The van der Waals surface area contributed by atoms with Gasteiger partial charge in [-0.05, 0) is 69.0 Å². The van der Waals surface area contributed by atoms with Crippen molar-refractivity contribution in [1.29, 1.82) is 0 Å². The molecule has 0 saturated carbocycles. The minimum absolute atomic E-state index is 0.0442. The van der Waals surface area contributed by atoms with Crippen molar-refractivity contribution in [3.8, 4) is 0 Å². The van der Waals surface area contributed by atoms with Crippen LogP contribution in [0.1, 0.15) is 42.5 Å². The van der Waals surface area contributed by atoms with Crippen molar-refractivity contribution in [3.05, 3.63) is 65.0 Å². The number of hydrogen-bond donors (Lipinski definition) is 1. The zero-order valence-electron chi connectivity index (χ0n) is 17.0. The highest BCUT2D eigenvalue weighted by Gasteiger charge is 2.32. The molecule has 1 amide bonds. The van der Waals surface area contributed by atoms with Crippen molar-refractivity contribution in [3.63, 3.8) is 0 Å². The van der Waals surface area contributed by atoms with Crippen LogP contribution in [-0.4, -0.2) is 31.7 Å². The Labute approximate surface area is 172 Å². The first-order valence-corrected chi connectivity index (χ1v) is 11.3. The van der Waals surface area contributed by atoms with E-state index < -0.39 is 15.8 Å². The van der Waals surface area contributed by atoms with Gasteiger partial charge in [-0.3, -0.25) is 4.79 Å². The Morgan fingerprint density at radius 1 is 1.10 bits per heavy atom. The lowest BCUT2D eigenvalue weighted by Crippen LogP contribution is -2.43. The fourth-order valence-corrected chi connectivity index (χ4v) is 5.22. The Balaban J connectivity index is 1.60. The van der Waals surface area contributed by atoms with E-state index >= 15 is 0 Å². The predicted molar refractivity (Wildman–Crippen MR) is 110 cm³/mol. The second-order valence-electron chi connectivity index (χ2n) is 7.72. The Hall–Kier alpha value is -2.25. The molecule has 2 aromatic rings. The molecule has 1 aliphatic rings. The van der Waals surface area contributed by atoms with Gasteiger partial charge >= 0.3 is 0 Å². The maximum absolute atomic E-state index is 13.1. The first kappa shape index (κ1) is 21.5. The van der Waals surface area contributed by atoms with Crippen LogP contribution < -0.4 is 5.32 Å². The zero-order valence-corrected chi connectivity index (χ0v) is 17.8. The summed E-state index contributed by atoms with van der Waals surface area (Å²) < 4.78 is 39.9. The molecule has 1 heterocycles. The van der Waals surface area contributed by atoms with Gasteiger partial charge < -0.3 is 5.32 Å². The number of nitrogens with zero attached hydrogens (tertiary/aromatic N) is 1. The first-order valence-electron chi connectivity index (χ1n) is 9.81. The van der Waals surface area contributed by atoms with E-state index in [1.807, 2.05) is 32.9 Å². The monoisotopic (exact) mass is 418 g/mol. The van der Waals surface area contributed by atoms with Crippen LogP contribution in [0.3, 0.4) is 0 Å². The fourth-order valence-electron chi connectivity index (χ4n) is 3.75. The third-order valence-electron chi connectivity index (χ3n) is 5.54. The molecule has 1 saturated heterocycles.